The zero-order valence-corrected chi connectivity index (χ0v) is 19.2. The molecule has 1 aliphatic rings. The molecule has 0 radical (unpaired) electrons. The summed E-state index contributed by atoms with van der Waals surface area (Å²) in [5.41, 5.74) is 7.51. The van der Waals surface area contributed by atoms with Crippen LogP contribution in [0.2, 0.25) is 0 Å². The Balaban J connectivity index is 1.64. The monoisotopic (exact) mass is 443 g/mol. The van der Waals surface area contributed by atoms with Crippen molar-refractivity contribution >= 4 is 5.70 Å². The van der Waals surface area contributed by atoms with Crippen LogP contribution in [0.3, 0.4) is 0 Å². The minimum atomic E-state index is -0.133. The summed E-state index contributed by atoms with van der Waals surface area (Å²) in [4.78, 5) is 0. The van der Waals surface area contributed by atoms with Crippen molar-refractivity contribution < 1.29 is 4.57 Å². The summed E-state index contributed by atoms with van der Waals surface area (Å²) in [6, 6.07) is 21.8. The zero-order chi connectivity index (χ0) is 23.9. The van der Waals surface area contributed by atoms with E-state index in [0.717, 1.165) is 35.5 Å². The van der Waals surface area contributed by atoms with Crippen molar-refractivity contribution in [2.75, 3.05) is 0 Å². The summed E-state index contributed by atoms with van der Waals surface area (Å²) in [7, 11) is 0. The minimum absolute atomic E-state index is 0.133. The highest BCUT2D eigenvalue weighted by molar-refractivity contribution is 5.74. The Morgan fingerprint density at radius 2 is 1.74 bits per heavy atom. The van der Waals surface area contributed by atoms with Gasteiger partial charge in [-0.2, -0.15) is 15.1 Å². The van der Waals surface area contributed by atoms with Gasteiger partial charge in [0.1, 0.15) is 5.69 Å². The second kappa shape index (κ2) is 8.10. The fourth-order valence-electron chi connectivity index (χ4n) is 5.05. The maximum absolute atomic E-state index is 9.30. The number of benzene rings is 2. The van der Waals surface area contributed by atoms with Gasteiger partial charge in [0.05, 0.1) is 46.1 Å². The van der Waals surface area contributed by atoms with Gasteiger partial charge in [-0.05, 0) is 61.4 Å². The second-order valence-electron chi connectivity index (χ2n) is 8.49. The first-order valence-corrected chi connectivity index (χ1v) is 11.3. The van der Waals surface area contributed by atoms with E-state index < -0.39 is 0 Å². The number of allylic oxidation sites excluding steroid dienone is 1. The minimum Gasteiger partial charge on any atom is -0.220 e. The zero-order valence-electron chi connectivity index (χ0n) is 19.2. The third kappa shape index (κ3) is 3.12. The van der Waals surface area contributed by atoms with Crippen LogP contribution < -0.4 is 4.57 Å². The van der Waals surface area contributed by atoms with E-state index in [1.165, 1.54) is 5.56 Å². The fraction of sp³-hybridized carbons (Fsp3) is 0.179. The average molecular weight is 444 g/mol. The smallest absolute Gasteiger partial charge is 0.218 e. The van der Waals surface area contributed by atoms with Gasteiger partial charge in [0.2, 0.25) is 5.69 Å². The fourth-order valence-corrected chi connectivity index (χ4v) is 5.05. The number of hydrogen-bond donors (Lipinski definition) is 0. The first-order valence-electron chi connectivity index (χ1n) is 11.3. The third-order valence-electron chi connectivity index (χ3n) is 6.95. The van der Waals surface area contributed by atoms with Gasteiger partial charge in [-0.25, -0.2) is 4.68 Å². The lowest BCUT2D eigenvalue weighted by Crippen LogP contribution is -2.48. The predicted octanol–water partition coefficient (Wildman–Crippen LogP) is 5.17. The molecule has 2 aromatic heterocycles. The molecule has 0 spiro atoms. The topological polar surface area (TPSA) is 82.2 Å². The van der Waals surface area contributed by atoms with Gasteiger partial charge < -0.3 is 0 Å². The van der Waals surface area contributed by atoms with Crippen LogP contribution >= 0.6 is 0 Å². The van der Waals surface area contributed by atoms with Gasteiger partial charge in [-0.1, -0.05) is 25.1 Å². The Bertz CT molecular complexity index is 1490. The first kappa shape index (κ1) is 21.3. The quantitative estimate of drug-likeness (QED) is 0.407. The maximum atomic E-state index is 9.30. The van der Waals surface area contributed by atoms with Gasteiger partial charge in [0.25, 0.3) is 0 Å². The number of hydrogen-bond acceptors (Lipinski definition) is 4. The Morgan fingerprint density at radius 1 is 1.00 bits per heavy atom. The SMILES string of the molecule is C=C1[n+]2ccccc2-c2cc(-n3cc(-c4cc(C#N)cc(C#N)c4)nn3)ccc2C1(CC)CC. The van der Waals surface area contributed by atoms with Gasteiger partial charge in [-0.15, -0.1) is 5.10 Å². The lowest BCUT2D eigenvalue weighted by Gasteiger charge is -2.35. The molecule has 0 fully saturated rings. The number of aromatic nitrogens is 4. The van der Waals surface area contributed by atoms with Crippen molar-refractivity contribution in [1.29, 1.82) is 10.5 Å². The van der Waals surface area contributed by atoms with Crippen molar-refractivity contribution in [1.82, 2.24) is 15.0 Å². The van der Waals surface area contributed by atoms with Crippen LogP contribution in [0.25, 0.3) is 33.9 Å². The largest absolute Gasteiger partial charge is 0.220 e. The standard InChI is InChI=1S/C28H23N6/c1-4-28(5-2)19(3)33-11-7-6-8-27(33)24-15-23(9-10-25(24)28)34-18-26(31-32-34)22-13-20(16-29)12-21(14-22)17-30/h6-15,18H,3-5H2,1-2H3/q+1. The van der Waals surface area contributed by atoms with Gasteiger partial charge in [0.15, 0.2) is 11.9 Å². The summed E-state index contributed by atoms with van der Waals surface area (Å²) >= 11 is 0. The van der Waals surface area contributed by atoms with E-state index in [9.17, 15) is 10.5 Å². The summed E-state index contributed by atoms with van der Waals surface area (Å²) in [5.74, 6) is 0. The molecule has 6 heteroatoms. The lowest BCUT2D eigenvalue weighted by molar-refractivity contribution is -0.577. The lowest BCUT2D eigenvalue weighted by atomic mass is 9.69. The van der Waals surface area contributed by atoms with Crippen molar-refractivity contribution in [3.8, 4) is 40.3 Å². The van der Waals surface area contributed by atoms with E-state index in [1.807, 2.05) is 18.3 Å². The van der Waals surface area contributed by atoms with E-state index in [4.69, 9.17) is 0 Å². The van der Waals surface area contributed by atoms with Crippen LogP contribution in [0.5, 0.6) is 0 Å². The summed E-state index contributed by atoms with van der Waals surface area (Å²) in [5, 5.41) is 27.3. The molecule has 0 atom stereocenters. The van der Waals surface area contributed by atoms with E-state index in [2.05, 4.69) is 77.9 Å². The van der Waals surface area contributed by atoms with Crippen LogP contribution in [0, 0.1) is 22.7 Å². The van der Waals surface area contributed by atoms with E-state index in [1.54, 1.807) is 22.9 Å². The maximum Gasteiger partial charge on any atom is 0.218 e. The molecular formula is C28H23N6+. The number of rotatable bonds is 4. The van der Waals surface area contributed by atoms with Gasteiger partial charge in [-0.3, -0.25) is 0 Å². The number of pyridine rings is 1. The molecule has 164 valence electrons. The van der Waals surface area contributed by atoms with Crippen molar-refractivity contribution in [3.05, 3.63) is 90.3 Å². The van der Waals surface area contributed by atoms with E-state index in [-0.39, 0.29) is 5.41 Å². The van der Waals surface area contributed by atoms with Crippen LogP contribution in [-0.2, 0) is 5.41 Å². The molecule has 0 unspecified atom stereocenters. The molecule has 4 aromatic rings. The van der Waals surface area contributed by atoms with Crippen LogP contribution in [-0.4, -0.2) is 15.0 Å². The molecule has 5 rings (SSSR count). The Hall–Kier alpha value is -4.55. The van der Waals surface area contributed by atoms with Crippen molar-refractivity contribution in [2.45, 2.75) is 32.1 Å². The van der Waals surface area contributed by atoms with Crippen LogP contribution in [0.4, 0.5) is 0 Å². The van der Waals surface area contributed by atoms with E-state index >= 15 is 0 Å². The molecule has 0 saturated carbocycles. The highest BCUT2D eigenvalue weighted by atomic mass is 15.4. The molecule has 34 heavy (non-hydrogen) atoms. The molecule has 3 heterocycles. The molecule has 0 N–H and O–H groups in total. The Kier molecular flexibility index (Phi) is 5.07. The van der Waals surface area contributed by atoms with Crippen molar-refractivity contribution in [2.24, 2.45) is 0 Å². The van der Waals surface area contributed by atoms with Crippen molar-refractivity contribution in [3.63, 3.8) is 0 Å². The second-order valence-corrected chi connectivity index (χ2v) is 8.49. The summed E-state index contributed by atoms with van der Waals surface area (Å²) < 4.78 is 3.93. The average Bonchev–Trinajstić information content (AvgIpc) is 3.39. The molecule has 6 nitrogen and oxygen atoms in total. The summed E-state index contributed by atoms with van der Waals surface area (Å²) in [6.45, 7) is 8.92. The molecule has 1 aliphatic heterocycles. The van der Waals surface area contributed by atoms with Crippen LogP contribution in [0.1, 0.15) is 43.4 Å². The number of nitrogens with zero attached hydrogens (tertiary/aromatic N) is 6. The molecular weight excluding hydrogens is 420 g/mol. The molecule has 0 aliphatic carbocycles. The Labute approximate surface area is 198 Å². The summed E-state index contributed by atoms with van der Waals surface area (Å²) in [6.07, 6.45) is 5.82. The Morgan fingerprint density at radius 3 is 2.41 bits per heavy atom. The third-order valence-corrected chi connectivity index (χ3v) is 6.95. The predicted molar refractivity (Wildman–Crippen MR) is 129 cm³/mol. The highest BCUT2D eigenvalue weighted by Crippen LogP contribution is 2.46. The van der Waals surface area contributed by atoms with E-state index in [0.29, 0.717) is 22.4 Å². The van der Waals surface area contributed by atoms with Crippen LogP contribution in [0.15, 0.2) is 73.6 Å². The normalized spacial score (nSPS) is 13.5. The first-order chi connectivity index (χ1) is 16.5. The molecule has 0 bridgehead atoms. The van der Waals surface area contributed by atoms with Gasteiger partial charge >= 0.3 is 0 Å². The molecule has 0 amide bonds. The highest BCUT2D eigenvalue weighted by Gasteiger charge is 2.45. The number of nitriles is 2. The number of fused-ring (bicyclic) bond motifs is 3. The van der Waals surface area contributed by atoms with Gasteiger partial charge in [0, 0.05) is 17.7 Å². The molecule has 0 saturated heterocycles. The molecule has 2 aromatic carbocycles.